The first-order valence-corrected chi connectivity index (χ1v) is 7.35. The highest BCUT2D eigenvalue weighted by molar-refractivity contribution is 7.10. The van der Waals surface area contributed by atoms with Crippen LogP contribution in [0.4, 0.5) is 0 Å². The van der Waals surface area contributed by atoms with Crippen LogP contribution in [0.5, 0.6) is 0 Å². The molecule has 2 rings (SSSR count). The third-order valence-electron chi connectivity index (χ3n) is 3.20. The molecule has 0 amide bonds. The summed E-state index contributed by atoms with van der Waals surface area (Å²) in [6.45, 7) is 5.38. The Morgan fingerprint density at radius 2 is 2.06 bits per heavy atom. The van der Waals surface area contributed by atoms with E-state index in [4.69, 9.17) is 0 Å². The first-order chi connectivity index (χ1) is 8.81. The van der Waals surface area contributed by atoms with Gasteiger partial charge in [-0.2, -0.15) is 0 Å². The number of rotatable bonds is 6. The summed E-state index contributed by atoms with van der Waals surface area (Å²) in [5.41, 5.74) is 2.82. The van der Waals surface area contributed by atoms with Crippen LogP contribution < -0.4 is 5.32 Å². The fourth-order valence-electron chi connectivity index (χ4n) is 2.23. The highest BCUT2D eigenvalue weighted by Gasteiger charge is 2.13. The molecule has 1 N–H and O–H groups in total. The molecule has 0 aromatic carbocycles. The predicted molar refractivity (Wildman–Crippen MR) is 78.0 cm³/mol. The molecule has 96 valence electrons. The molecule has 3 heteroatoms. The van der Waals surface area contributed by atoms with Gasteiger partial charge in [0, 0.05) is 23.3 Å². The molecule has 18 heavy (non-hydrogen) atoms. The van der Waals surface area contributed by atoms with Crippen molar-refractivity contribution in [2.45, 2.75) is 32.7 Å². The minimum atomic E-state index is 0.467. The van der Waals surface area contributed by atoms with Gasteiger partial charge in [-0.3, -0.25) is 4.98 Å². The van der Waals surface area contributed by atoms with Gasteiger partial charge in [0.05, 0.1) is 0 Å². The Balaban J connectivity index is 2.01. The SMILES string of the molecule is CCNC(CCc1ccncc1)c1ccsc1C. The first kappa shape index (κ1) is 13.2. The zero-order chi connectivity index (χ0) is 12.8. The maximum Gasteiger partial charge on any atom is 0.0334 e. The summed E-state index contributed by atoms with van der Waals surface area (Å²) >= 11 is 1.83. The van der Waals surface area contributed by atoms with Crippen molar-refractivity contribution in [2.24, 2.45) is 0 Å². The van der Waals surface area contributed by atoms with E-state index in [1.54, 1.807) is 0 Å². The Morgan fingerprint density at radius 1 is 1.28 bits per heavy atom. The summed E-state index contributed by atoms with van der Waals surface area (Å²) in [5.74, 6) is 0. The third-order valence-corrected chi connectivity index (χ3v) is 4.06. The molecule has 0 spiro atoms. The van der Waals surface area contributed by atoms with E-state index in [0.29, 0.717) is 6.04 Å². The number of aromatic nitrogens is 1. The van der Waals surface area contributed by atoms with E-state index in [1.807, 2.05) is 23.7 Å². The second kappa shape index (κ2) is 6.66. The number of hydrogen-bond donors (Lipinski definition) is 1. The van der Waals surface area contributed by atoms with Crippen molar-refractivity contribution in [3.8, 4) is 0 Å². The van der Waals surface area contributed by atoms with E-state index in [9.17, 15) is 0 Å². The third kappa shape index (κ3) is 3.40. The predicted octanol–water partition coefficient (Wildman–Crippen LogP) is 3.73. The number of thiophene rings is 1. The smallest absolute Gasteiger partial charge is 0.0334 e. The van der Waals surface area contributed by atoms with Crippen molar-refractivity contribution in [3.05, 3.63) is 52.0 Å². The second-order valence-electron chi connectivity index (χ2n) is 4.44. The van der Waals surface area contributed by atoms with Crippen LogP contribution in [0, 0.1) is 6.92 Å². The molecule has 1 unspecified atom stereocenters. The van der Waals surface area contributed by atoms with E-state index >= 15 is 0 Å². The zero-order valence-electron chi connectivity index (χ0n) is 11.0. The van der Waals surface area contributed by atoms with Gasteiger partial charge in [-0.05, 0) is 61.0 Å². The minimum absolute atomic E-state index is 0.467. The summed E-state index contributed by atoms with van der Waals surface area (Å²) in [6, 6.07) is 6.92. The molecule has 0 radical (unpaired) electrons. The van der Waals surface area contributed by atoms with Crippen molar-refractivity contribution < 1.29 is 0 Å². The van der Waals surface area contributed by atoms with Gasteiger partial charge in [-0.25, -0.2) is 0 Å². The van der Waals surface area contributed by atoms with E-state index in [1.165, 1.54) is 16.0 Å². The van der Waals surface area contributed by atoms with Gasteiger partial charge >= 0.3 is 0 Å². The molecule has 2 aromatic rings. The lowest BCUT2D eigenvalue weighted by Gasteiger charge is -2.18. The van der Waals surface area contributed by atoms with Gasteiger partial charge in [-0.15, -0.1) is 11.3 Å². The molecule has 0 aliphatic heterocycles. The van der Waals surface area contributed by atoms with Gasteiger partial charge in [-0.1, -0.05) is 6.92 Å². The monoisotopic (exact) mass is 260 g/mol. The van der Waals surface area contributed by atoms with Gasteiger partial charge in [0.2, 0.25) is 0 Å². The van der Waals surface area contributed by atoms with Crippen LogP contribution in [0.15, 0.2) is 36.0 Å². The average molecular weight is 260 g/mol. The van der Waals surface area contributed by atoms with Crippen molar-refractivity contribution in [1.29, 1.82) is 0 Å². The Morgan fingerprint density at radius 3 is 2.67 bits per heavy atom. The molecule has 0 bridgehead atoms. The van der Waals surface area contributed by atoms with E-state index in [2.05, 4.69) is 47.7 Å². The fraction of sp³-hybridized carbons (Fsp3) is 0.400. The average Bonchev–Trinajstić information content (AvgIpc) is 2.82. The van der Waals surface area contributed by atoms with Crippen LogP contribution >= 0.6 is 11.3 Å². The Kier molecular flexibility index (Phi) is 4.90. The van der Waals surface area contributed by atoms with Crippen LogP contribution in [-0.2, 0) is 6.42 Å². The van der Waals surface area contributed by atoms with Crippen molar-refractivity contribution in [3.63, 3.8) is 0 Å². The molecule has 2 aromatic heterocycles. The summed E-state index contributed by atoms with van der Waals surface area (Å²) in [5, 5.41) is 5.77. The van der Waals surface area contributed by atoms with Gasteiger partial charge in [0.15, 0.2) is 0 Å². The normalized spacial score (nSPS) is 12.6. The maximum absolute atomic E-state index is 4.06. The molecule has 0 saturated carbocycles. The molecule has 0 aliphatic carbocycles. The van der Waals surface area contributed by atoms with E-state index in [0.717, 1.165) is 19.4 Å². The van der Waals surface area contributed by atoms with Crippen molar-refractivity contribution in [2.75, 3.05) is 6.54 Å². The second-order valence-corrected chi connectivity index (χ2v) is 5.56. The lowest BCUT2D eigenvalue weighted by Crippen LogP contribution is -2.21. The number of nitrogens with zero attached hydrogens (tertiary/aromatic N) is 1. The molecular weight excluding hydrogens is 240 g/mol. The molecule has 0 saturated heterocycles. The molecule has 2 nitrogen and oxygen atoms in total. The van der Waals surface area contributed by atoms with E-state index < -0.39 is 0 Å². The first-order valence-electron chi connectivity index (χ1n) is 6.47. The Bertz CT molecular complexity index is 464. The summed E-state index contributed by atoms with van der Waals surface area (Å²) in [6.07, 6.45) is 5.96. The van der Waals surface area contributed by atoms with Crippen molar-refractivity contribution in [1.82, 2.24) is 10.3 Å². The summed E-state index contributed by atoms with van der Waals surface area (Å²) in [7, 11) is 0. The minimum Gasteiger partial charge on any atom is -0.310 e. The van der Waals surface area contributed by atoms with Crippen LogP contribution in [0.1, 0.15) is 35.4 Å². The van der Waals surface area contributed by atoms with E-state index in [-0.39, 0.29) is 0 Å². The number of pyridine rings is 1. The molecule has 1 atom stereocenters. The highest BCUT2D eigenvalue weighted by atomic mass is 32.1. The van der Waals surface area contributed by atoms with Crippen LogP contribution in [0.3, 0.4) is 0 Å². The number of aryl methyl sites for hydroxylation is 2. The van der Waals surface area contributed by atoms with Crippen LogP contribution in [0.2, 0.25) is 0 Å². The lowest BCUT2D eigenvalue weighted by atomic mass is 10.00. The Labute approximate surface area is 113 Å². The number of hydrogen-bond acceptors (Lipinski definition) is 3. The largest absolute Gasteiger partial charge is 0.310 e. The van der Waals surface area contributed by atoms with Crippen molar-refractivity contribution >= 4 is 11.3 Å². The van der Waals surface area contributed by atoms with Gasteiger partial charge in [0.25, 0.3) is 0 Å². The summed E-state index contributed by atoms with van der Waals surface area (Å²) in [4.78, 5) is 5.49. The number of nitrogens with one attached hydrogen (secondary N) is 1. The highest BCUT2D eigenvalue weighted by Crippen LogP contribution is 2.26. The fourth-order valence-corrected chi connectivity index (χ4v) is 3.00. The molecular formula is C15H20N2S. The lowest BCUT2D eigenvalue weighted by molar-refractivity contribution is 0.515. The molecule has 0 aliphatic rings. The zero-order valence-corrected chi connectivity index (χ0v) is 11.8. The quantitative estimate of drug-likeness (QED) is 0.856. The summed E-state index contributed by atoms with van der Waals surface area (Å²) < 4.78 is 0. The topological polar surface area (TPSA) is 24.9 Å². The maximum atomic E-state index is 4.06. The molecule has 0 fully saturated rings. The standard InChI is InChI=1S/C15H20N2S/c1-3-17-15(14-8-11-18-12(14)2)5-4-13-6-9-16-10-7-13/h6-11,15,17H,3-5H2,1-2H3. The van der Waals surface area contributed by atoms with Crippen LogP contribution in [-0.4, -0.2) is 11.5 Å². The Hall–Kier alpha value is -1.19. The van der Waals surface area contributed by atoms with Gasteiger partial charge in [0.1, 0.15) is 0 Å². The molecule has 2 heterocycles. The van der Waals surface area contributed by atoms with Gasteiger partial charge < -0.3 is 5.32 Å². The van der Waals surface area contributed by atoms with Crippen LogP contribution in [0.25, 0.3) is 0 Å².